The number of aromatic nitrogens is 3. The van der Waals surface area contributed by atoms with Crippen LogP contribution < -0.4 is 9.75 Å². The molecule has 6 nitrogen and oxygen atoms in total. The second kappa shape index (κ2) is 13.1. The Morgan fingerprint density at radius 1 is 0.833 bits per heavy atom. The van der Waals surface area contributed by atoms with E-state index in [1.165, 1.54) is 5.56 Å². The summed E-state index contributed by atoms with van der Waals surface area (Å²) in [5.41, 5.74) is 3.29. The van der Waals surface area contributed by atoms with E-state index < -0.39 is 0 Å². The molecule has 1 aliphatic heterocycles. The van der Waals surface area contributed by atoms with Crippen molar-refractivity contribution in [3.8, 4) is 5.75 Å². The number of ether oxygens (including phenoxy) is 1. The van der Waals surface area contributed by atoms with Gasteiger partial charge in [0.25, 0.3) is 0 Å². The van der Waals surface area contributed by atoms with Crippen molar-refractivity contribution >= 4 is 11.4 Å². The number of anilines is 1. The average Bonchev–Trinajstić information content (AvgIpc) is 3.73. The molecule has 2 atom stereocenters. The van der Waals surface area contributed by atoms with Gasteiger partial charge in [0, 0.05) is 11.8 Å². The Hall–Kier alpha value is -2.63. The van der Waals surface area contributed by atoms with E-state index in [2.05, 4.69) is 65.0 Å². The normalized spacial score (nSPS) is 21.5. The van der Waals surface area contributed by atoms with Crippen LogP contribution in [0.4, 0.5) is 5.69 Å². The molecule has 3 aliphatic rings. The molecule has 2 aromatic carbocycles. The van der Waals surface area contributed by atoms with Gasteiger partial charge >= 0.3 is 17.1 Å². The van der Waals surface area contributed by atoms with Crippen molar-refractivity contribution in [1.82, 2.24) is 14.8 Å². The Labute approximate surface area is 225 Å². The molecule has 6 rings (SSSR count). The first-order chi connectivity index (χ1) is 17.3. The molecule has 10 radical (unpaired) electrons. The van der Waals surface area contributed by atoms with E-state index in [1.807, 2.05) is 67.1 Å². The molecule has 3 aromatic rings. The van der Waals surface area contributed by atoms with E-state index in [-0.39, 0.29) is 29.0 Å². The third-order valence-corrected chi connectivity index (χ3v) is 6.05. The first kappa shape index (κ1) is 26.4. The maximum absolute atomic E-state index is 5.37. The molecule has 0 N–H and O–H groups in total. The second-order valence-corrected chi connectivity index (χ2v) is 8.24. The molecule has 0 saturated heterocycles. The molecular formula is C29H27FeN5O+2. The molecule has 0 bridgehead atoms. The summed E-state index contributed by atoms with van der Waals surface area (Å²) in [5, 5.41) is 11.6. The quantitative estimate of drug-likeness (QED) is 0.435. The fourth-order valence-electron chi connectivity index (χ4n) is 4.40. The third kappa shape index (κ3) is 6.19. The van der Waals surface area contributed by atoms with Crippen molar-refractivity contribution in [2.24, 2.45) is 11.0 Å². The predicted octanol–water partition coefficient (Wildman–Crippen LogP) is 4.94. The van der Waals surface area contributed by atoms with Crippen molar-refractivity contribution in [2.45, 2.75) is 12.6 Å². The van der Waals surface area contributed by atoms with Crippen LogP contribution in [0.15, 0.2) is 72.4 Å². The zero-order chi connectivity index (χ0) is 23.9. The van der Waals surface area contributed by atoms with Crippen molar-refractivity contribution in [3.05, 3.63) is 137 Å². The summed E-state index contributed by atoms with van der Waals surface area (Å²) in [6, 6.07) is 18.6. The topological polar surface area (TPSA) is 55.5 Å². The third-order valence-electron chi connectivity index (χ3n) is 6.05. The van der Waals surface area contributed by atoms with Gasteiger partial charge < -0.3 is 4.74 Å². The molecule has 2 heterocycles. The van der Waals surface area contributed by atoms with Gasteiger partial charge in [-0.3, -0.25) is 9.69 Å². The van der Waals surface area contributed by atoms with Crippen LogP contribution in [0.25, 0.3) is 0 Å². The average molecular weight is 517 g/mol. The number of hydrogen-bond acceptors (Lipinski definition) is 5. The van der Waals surface area contributed by atoms with Gasteiger partial charge in [-0.05, 0) is 87.6 Å². The molecule has 2 saturated carbocycles. The standard InChI is InChI=1S/C24H22N5O.C5H5.Fe/c1-30-21-13-11-19(12-14-21)24-22(15-28-17-25-16-26-28)23(18-7-5-6-8-18)27-29(24)20-9-3-2-4-10-20;1-2-4-5-3-1;/h2-14,16-17,22,24H,15H2,1H3;1-5H;/q;;+2/t22-,24+;;/m1../s1. The number of nitrogens with zero attached hydrogens (tertiary/aromatic N) is 5. The van der Waals surface area contributed by atoms with Gasteiger partial charge in [0.1, 0.15) is 18.4 Å². The van der Waals surface area contributed by atoms with Gasteiger partial charge in [-0.2, -0.15) is 10.2 Å². The summed E-state index contributed by atoms with van der Waals surface area (Å²) < 4.78 is 7.25. The van der Waals surface area contributed by atoms with Crippen LogP contribution in [-0.4, -0.2) is 27.6 Å². The summed E-state index contributed by atoms with van der Waals surface area (Å²) >= 11 is 0. The van der Waals surface area contributed by atoms with Crippen LogP contribution in [0.5, 0.6) is 5.75 Å². The number of rotatable bonds is 6. The Morgan fingerprint density at radius 2 is 1.50 bits per heavy atom. The van der Waals surface area contributed by atoms with E-state index in [1.54, 1.807) is 19.8 Å². The van der Waals surface area contributed by atoms with Crippen LogP contribution in [0.1, 0.15) is 11.6 Å². The zero-order valence-electron chi connectivity index (χ0n) is 19.9. The predicted molar refractivity (Wildman–Crippen MR) is 138 cm³/mol. The van der Waals surface area contributed by atoms with E-state index in [0.29, 0.717) is 6.54 Å². The maximum atomic E-state index is 5.37. The van der Waals surface area contributed by atoms with Gasteiger partial charge in [0.15, 0.2) is 0 Å². The van der Waals surface area contributed by atoms with Crippen LogP contribution in [0, 0.1) is 69.6 Å². The summed E-state index contributed by atoms with van der Waals surface area (Å²) in [5.74, 6) is 2.08. The fourth-order valence-corrected chi connectivity index (χ4v) is 4.40. The molecule has 7 heteroatoms. The van der Waals surface area contributed by atoms with E-state index in [4.69, 9.17) is 9.84 Å². The second-order valence-electron chi connectivity index (χ2n) is 8.24. The van der Waals surface area contributed by atoms with Gasteiger partial charge in [-0.15, -0.1) is 0 Å². The number of benzene rings is 2. The summed E-state index contributed by atoms with van der Waals surface area (Å²) in [6.07, 6.45) is 21.7. The van der Waals surface area contributed by atoms with Gasteiger partial charge in [-0.1, -0.05) is 30.3 Å². The van der Waals surface area contributed by atoms with Crippen molar-refractivity contribution < 1.29 is 21.8 Å². The number of methoxy groups -OCH3 is 1. The van der Waals surface area contributed by atoms with Gasteiger partial charge in [0.05, 0.1) is 31.1 Å². The van der Waals surface area contributed by atoms with E-state index >= 15 is 0 Å². The molecule has 180 valence electrons. The van der Waals surface area contributed by atoms with Gasteiger partial charge in [-0.25, -0.2) is 4.98 Å². The molecule has 2 aliphatic carbocycles. The minimum atomic E-state index is 0. The molecule has 1 aromatic heterocycles. The largest absolute Gasteiger partial charge is 2.00 e. The van der Waals surface area contributed by atoms with Crippen LogP contribution in [0.2, 0.25) is 0 Å². The minimum Gasteiger partial charge on any atom is -0.497 e. The summed E-state index contributed by atoms with van der Waals surface area (Å²) in [4.78, 5) is 4.13. The smallest absolute Gasteiger partial charge is 0.497 e. The number of hydrazone groups is 1. The van der Waals surface area contributed by atoms with Crippen molar-refractivity contribution in [3.63, 3.8) is 0 Å². The molecular weight excluding hydrogens is 490 g/mol. The Bertz CT molecular complexity index is 1050. The number of para-hydroxylation sites is 1. The number of hydrogen-bond donors (Lipinski definition) is 0. The first-order valence-electron chi connectivity index (χ1n) is 11.6. The Morgan fingerprint density at radius 3 is 2.08 bits per heavy atom. The van der Waals surface area contributed by atoms with Gasteiger partial charge in [0.2, 0.25) is 0 Å². The molecule has 0 unspecified atom stereocenters. The summed E-state index contributed by atoms with van der Waals surface area (Å²) in [7, 11) is 1.69. The minimum absolute atomic E-state index is 0. The van der Waals surface area contributed by atoms with Crippen LogP contribution >= 0.6 is 0 Å². The fraction of sp³-hybridized carbons (Fsp3) is 0.138. The Balaban J connectivity index is 0.000000455. The Kier molecular flexibility index (Phi) is 9.60. The SMILES string of the molecule is COc1ccc([C@H]2[C@H](Cn3cncn3)C([C]3[CH][CH][CH][CH]3)=NN2c2ccccc2)cc1.[CH]1[CH][CH][CH][CH]1.[Fe+2]. The zero-order valence-corrected chi connectivity index (χ0v) is 21.0. The molecule has 0 spiro atoms. The van der Waals surface area contributed by atoms with Crippen molar-refractivity contribution in [2.75, 3.05) is 12.1 Å². The van der Waals surface area contributed by atoms with Crippen LogP contribution in [0.3, 0.4) is 0 Å². The molecule has 2 fully saturated rings. The first-order valence-corrected chi connectivity index (χ1v) is 11.6. The van der Waals surface area contributed by atoms with Crippen molar-refractivity contribution in [1.29, 1.82) is 0 Å². The van der Waals surface area contributed by atoms with Crippen LogP contribution in [-0.2, 0) is 23.6 Å². The van der Waals surface area contributed by atoms with E-state index in [0.717, 1.165) is 23.1 Å². The monoisotopic (exact) mass is 517 g/mol. The summed E-state index contributed by atoms with van der Waals surface area (Å²) in [6.45, 7) is 0.685. The van der Waals surface area contributed by atoms with E-state index in [9.17, 15) is 0 Å². The molecule has 36 heavy (non-hydrogen) atoms. The maximum Gasteiger partial charge on any atom is 2.00 e. The molecule has 0 amide bonds.